The van der Waals surface area contributed by atoms with Crippen LogP contribution in [0.15, 0.2) is 0 Å². The molecule has 2 aliphatic heterocycles. The van der Waals surface area contributed by atoms with Gasteiger partial charge in [-0.2, -0.15) is 0 Å². The summed E-state index contributed by atoms with van der Waals surface area (Å²) < 4.78 is 0. The van der Waals surface area contributed by atoms with Crippen molar-refractivity contribution < 1.29 is 0 Å². The molecule has 4 atom stereocenters. The van der Waals surface area contributed by atoms with E-state index < -0.39 is 0 Å². The van der Waals surface area contributed by atoms with Crippen molar-refractivity contribution >= 4 is 0 Å². The van der Waals surface area contributed by atoms with Crippen LogP contribution < -0.4 is 16.4 Å². The van der Waals surface area contributed by atoms with Crippen LogP contribution in [0, 0.1) is 11.8 Å². The summed E-state index contributed by atoms with van der Waals surface area (Å²) in [6, 6.07) is 1.43. The first kappa shape index (κ1) is 11.4. The van der Waals surface area contributed by atoms with Gasteiger partial charge in [0.2, 0.25) is 0 Å². The third-order valence-corrected chi connectivity index (χ3v) is 4.11. The molecule has 4 unspecified atom stereocenters. The first-order valence-electron chi connectivity index (χ1n) is 6.46. The molecule has 0 bridgehead atoms. The van der Waals surface area contributed by atoms with Gasteiger partial charge in [0, 0.05) is 12.1 Å². The van der Waals surface area contributed by atoms with Gasteiger partial charge < -0.3 is 16.4 Å². The summed E-state index contributed by atoms with van der Waals surface area (Å²) in [5.41, 5.74) is 5.78. The Hall–Kier alpha value is -0.120. The van der Waals surface area contributed by atoms with E-state index in [2.05, 4.69) is 17.6 Å². The molecular formula is C12H25N3. The average molecular weight is 211 g/mol. The lowest BCUT2D eigenvalue weighted by molar-refractivity contribution is 0.189. The van der Waals surface area contributed by atoms with E-state index in [0.29, 0.717) is 6.04 Å². The van der Waals surface area contributed by atoms with Crippen LogP contribution in [0.5, 0.6) is 0 Å². The van der Waals surface area contributed by atoms with Gasteiger partial charge in [-0.3, -0.25) is 0 Å². The second-order valence-electron chi connectivity index (χ2n) is 5.33. The number of piperidine rings is 2. The predicted molar refractivity (Wildman–Crippen MR) is 63.8 cm³/mol. The van der Waals surface area contributed by atoms with Gasteiger partial charge in [-0.1, -0.05) is 0 Å². The van der Waals surface area contributed by atoms with Gasteiger partial charge in [0.05, 0.1) is 0 Å². The molecule has 0 aromatic heterocycles. The summed E-state index contributed by atoms with van der Waals surface area (Å²) in [5.74, 6) is 1.64. The van der Waals surface area contributed by atoms with Gasteiger partial charge >= 0.3 is 0 Å². The van der Waals surface area contributed by atoms with Crippen LogP contribution in [0.25, 0.3) is 0 Å². The van der Waals surface area contributed by atoms with Gasteiger partial charge in [0.25, 0.3) is 0 Å². The van der Waals surface area contributed by atoms with Crippen molar-refractivity contribution in [2.24, 2.45) is 17.6 Å². The van der Waals surface area contributed by atoms with E-state index in [4.69, 9.17) is 5.73 Å². The molecule has 2 heterocycles. The molecule has 0 aromatic carbocycles. The highest BCUT2D eigenvalue weighted by Crippen LogP contribution is 2.27. The van der Waals surface area contributed by atoms with Gasteiger partial charge in [0.15, 0.2) is 0 Å². The Morgan fingerprint density at radius 2 is 1.93 bits per heavy atom. The molecule has 4 N–H and O–H groups in total. The van der Waals surface area contributed by atoms with Crippen LogP contribution in [0.1, 0.15) is 32.6 Å². The lowest BCUT2D eigenvalue weighted by Crippen LogP contribution is -2.49. The van der Waals surface area contributed by atoms with Crippen LogP contribution in [0.4, 0.5) is 0 Å². The standard InChI is InChI=1S/C12H25N3/c1-9-6-11(3-5-14-9)12-7-10(8-13)2-4-15-12/h9-12,14-15H,2-8,13H2,1H3. The monoisotopic (exact) mass is 211 g/mol. The summed E-state index contributed by atoms with van der Waals surface area (Å²) in [4.78, 5) is 0. The van der Waals surface area contributed by atoms with Crippen molar-refractivity contribution in [2.75, 3.05) is 19.6 Å². The van der Waals surface area contributed by atoms with Crippen molar-refractivity contribution in [3.8, 4) is 0 Å². The van der Waals surface area contributed by atoms with Crippen LogP contribution in [-0.4, -0.2) is 31.7 Å². The van der Waals surface area contributed by atoms with Crippen molar-refractivity contribution in [3.63, 3.8) is 0 Å². The number of rotatable bonds is 2. The number of nitrogens with one attached hydrogen (secondary N) is 2. The fraction of sp³-hybridized carbons (Fsp3) is 1.00. The van der Waals surface area contributed by atoms with Crippen molar-refractivity contribution in [2.45, 2.75) is 44.7 Å². The third-order valence-electron chi connectivity index (χ3n) is 4.11. The Kier molecular flexibility index (Phi) is 4.00. The minimum Gasteiger partial charge on any atom is -0.330 e. The molecule has 0 radical (unpaired) electrons. The molecule has 0 spiro atoms. The van der Waals surface area contributed by atoms with E-state index in [0.717, 1.165) is 24.4 Å². The summed E-state index contributed by atoms with van der Waals surface area (Å²) >= 11 is 0. The Bertz CT molecular complexity index is 195. The topological polar surface area (TPSA) is 50.1 Å². The highest BCUT2D eigenvalue weighted by Gasteiger charge is 2.30. The molecular weight excluding hydrogens is 186 g/mol. The Morgan fingerprint density at radius 1 is 1.13 bits per heavy atom. The van der Waals surface area contributed by atoms with E-state index in [1.54, 1.807) is 0 Å². The number of hydrogen-bond donors (Lipinski definition) is 3. The molecule has 0 aliphatic carbocycles. The Balaban J connectivity index is 1.86. The summed E-state index contributed by atoms with van der Waals surface area (Å²) in [6.45, 7) is 5.54. The molecule has 2 saturated heterocycles. The van der Waals surface area contributed by atoms with Crippen LogP contribution >= 0.6 is 0 Å². The minimum absolute atomic E-state index is 0.698. The first-order valence-corrected chi connectivity index (χ1v) is 6.46. The molecule has 2 fully saturated rings. The minimum atomic E-state index is 0.698. The lowest BCUT2D eigenvalue weighted by Gasteiger charge is -2.39. The normalized spacial score (nSPS) is 42.8. The Labute approximate surface area is 93.2 Å². The van der Waals surface area contributed by atoms with Gasteiger partial charge in [-0.15, -0.1) is 0 Å². The zero-order chi connectivity index (χ0) is 10.7. The average Bonchev–Trinajstić information content (AvgIpc) is 2.29. The van der Waals surface area contributed by atoms with Crippen LogP contribution in [-0.2, 0) is 0 Å². The Morgan fingerprint density at radius 3 is 2.67 bits per heavy atom. The molecule has 3 heteroatoms. The molecule has 3 nitrogen and oxygen atoms in total. The maximum absolute atomic E-state index is 5.78. The molecule has 88 valence electrons. The summed E-state index contributed by atoms with van der Waals surface area (Å²) in [6.07, 6.45) is 5.23. The molecule has 0 aromatic rings. The highest BCUT2D eigenvalue weighted by atomic mass is 15.0. The van der Waals surface area contributed by atoms with Gasteiger partial charge in [-0.25, -0.2) is 0 Å². The molecule has 15 heavy (non-hydrogen) atoms. The number of hydrogen-bond acceptors (Lipinski definition) is 3. The number of nitrogens with two attached hydrogens (primary N) is 1. The highest BCUT2D eigenvalue weighted by molar-refractivity contribution is 4.88. The first-order chi connectivity index (χ1) is 7.29. The van der Waals surface area contributed by atoms with Gasteiger partial charge in [0.1, 0.15) is 0 Å². The van der Waals surface area contributed by atoms with Crippen LogP contribution in [0.3, 0.4) is 0 Å². The summed E-state index contributed by atoms with van der Waals surface area (Å²) in [7, 11) is 0. The fourth-order valence-corrected chi connectivity index (χ4v) is 3.14. The van der Waals surface area contributed by atoms with Crippen molar-refractivity contribution in [1.29, 1.82) is 0 Å². The maximum atomic E-state index is 5.78. The largest absolute Gasteiger partial charge is 0.330 e. The second-order valence-corrected chi connectivity index (χ2v) is 5.33. The van der Waals surface area contributed by atoms with E-state index in [-0.39, 0.29) is 0 Å². The van der Waals surface area contributed by atoms with E-state index in [1.807, 2.05) is 0 Å². The van der Waals surface area contributed by atoms with Crippen molar-refractivity contribution in [3.05, 3.63) is 0 Å². The van der Waals surface area contributed by atoms with E-state index in [9.17, 15) is 0 Å². The smallest absolute Gasteiger partial charge is 0.00994 e. The quantitative estimate of drug-likeness (QED) is 0.630. The van der Waals surface area contributed by atoms with Gasteiger partial charge in [-0.05, 0) is 64.1 Å². The molecule has 2 rings (SSSR count). The summed E-state index contributed by atoms with van der Waals surface area (Å²) in [5, 5.41) is 7.21. The zero-order valence-electron chi connectivity index (χ0n) is 9.84. The fourth-order valence-electron chi connectivity index (χ4n) is 3.14. The second kappa shape index (κ2) is 5.28. The lowest BCUT2D eigenvalue weighted by atomic mass is 9.80. The maximum Gasteiger partial charge on any atom is 0.00994 e. The van der Waals surface area contributed by atoms with Crippen molar-refractivity contribution in [1.82, 2.24) is 10.6 Å². The van der Waals surface area contributed by atoms with E-state index in [1.165, 1.54) is 38.8 Å². The third kappa shape index (κ3) is 2.92. The predicted octanol–water partition coefficient (Wildman–Crippen LogP) is 0.701. The molecule has 0 amide bonds. The zero-order valence-corrected chi connectivity index (χ0v) is 9.84. The van der Waals surface area contributed by atoms with Crippen LogP contribution in [0.2, 0.25) is 0 Å². The van der Waals surface area contributed by atoms with E-state index >= 15 is 0 Å². The molecule has 0 saturated carbocycles. The SMILES string of the molecule is CC1CC(C2CC(CN)CCN2)CCN1. The molecule has 2 aliphatic rings.